The first-order valence-corrected chi connectivity index (χ1v) is 9.83. The fraction of sp³-hybridized carbons (Fsp3) is 0.348. The second-order valence-corrected chi connectivity index (χ2v) is 7.61. The molecule has 1 fully saturated rings. The summed E-state index contributed by atoms with van der Waals surface area (Å²) in [4.78, 5) is 33.4. The number of carbonyl (C=O) groups excluding carboxylic acids is 2. The normalized spacial score (nSPS) is 18.3. The zero-order valence-electron chi connectivity index (χ0n) is 17.8. The van der Waals surface area contributed by atoms with Gasteiger partial charge in [0.25, 0.3) is 11.7 Å². The van der Waals surface area contributed by atoms with Crippen LogP contribution in [0.5, 0.6) is 5.75 Å². The van der Waals surface area contributed by atoms with Crippen molar-refractivity contribution in [2.75, 3.05) is 34.3 Å². The van der Waals surface area contributed by atoms with E-state index in [9.17, 15) is 14.7 Å². The van der Waals surface area contributed by atoms with Crippen LogP contribution in [-0.4, -0.2) is 65.9 Å². The minimum absolute atomic E-state index is 0.0978. The third-order valence-corrected chi connectivity index (χ3v) is 5.23. The third kappa shape index (κ3) is 4.21. The molecule has 2 heterocycles. The van der Waals surface area contributed by atoms with Crippen LogP contribution in [-0.2, 0) is 9.59 Å². The molecule has 1 aromatic heterocycles. The predicted octanol–water partition coefficient (Wildman–Crippen LogP) is 2.77. The van der Waals surface area contributed by atoms with Crippen molar-refractivity contribution >= 4 is 17.4 Å². The Morgan fingerprint density at radius 1 is 1.20 bits per heavy atom. The van der Waals surface area contributed by atoms with Crippen molar-refractivity contribution in [3.8, 4) is 5.75 Å². The molecular formula is C23H27N3O4. The zero-order chi connectivity index (χ0) is 21.8. The fourth-order valence-electron chi connectivity index (χ4n) is 3.74. The quantitative estimate of drug-likeness (QED) is 0.430. The highest BCUT2D eigenvalue weighted by Gasteiger charge is 2.45. The maximum atomic E-state index is 13.0. The molecule has 30 heavy (non-hydrogen) atoms. The highest BCUT2D eigenvalue weighted by Crippen LogP contribution is 2.39. The number of ketones is 1. The first-order valence-electron chi connectivity index (χ1n) is 9.83. The Labute approximate surface area is 176 Å². The van der Waals surface area contributed by atoms with E-state index in [0.717, 1.165) is 17.7 Å². The fourth-order valence-corrected chi connectivity index (χ4v) is 3.74. The van der Waals surface area contributed by atoms with Gasteiger partial charge in [-0.05, 0) is 75.4 Å². The number of aromatic nitrogens is 1. The largest absolute Gasteiger partial charge is 0.507 e. The van der Waals surface area contributed by atoms with Crippen LogP contribution in [0, 0.1) is 6.92 Å². The Morgan fingerprint density at radius 3 is 2.50 bits per heavy atom. The molecule has 0 saturated carbocycles. The number of pyridine rings is 1. The van der Waals surface area contributed by atoms with E-state index in [2.05, 4.69) is 4.98 Å². The van der Waals surface area contributed by atoms with Crippen molar-refractivity contribution in [2.45, 2.75) is 19.4 Å². The molecule has 1 aliphatic rings. The van der Waals surface area contributed by atoms with Crippen LogP contribution in [0.2, 0.25) is 0 Å². The minimum Gasteiger partial charge on any atom is -0.507 e. The highest BCUT2D eigenvalue weighted by molar-refractivity contribution is 6.46. The number of rotatable bonds is 7. The van der Waals surface area contributed by atoms with Gasteiger partial charge in [0, 0.05) is 24.5 Å². The lowest BCUT2D eigenvalue weighted by atomic mass is 9.95. The van der Waals surface area contributed by atoms with Gasteiger partial charge >= 0.3 is 0 Å². The maximum Gasteiger partial charge on any atom is 0.295 e. The summed E-state index contributed by atoms with van der Waals surface area (Å²) in [7, 11) is 5.49. The van der Waals surface area contributed by atoms with Crippen molar-refractivity contribution in [3.05, 3.63) is 65.0 Å². The predicted molar refractivity (Wildman–Crippen MR) is 114 cm³/mol. The molecule has 2 aromatic rings. The summed E-state index contributed by atoms with van der Waals surface area (Å²) in [6, 6.07) is 8.04. The van der Waals surface area contributed by atoms with E-state index in [4.69, 9.17) is 4.74 Å². The van der Waals surface area contributed by atoms with E-state index in [1.54, 1.807) is 54.7 Å². The van der Waals surface area contributed by atoms with Crippen molar-refractivity contribution < 1.29 is 19.4 Å². The summed E-state index contributed by atoms with van der Waals surface area (Å²) < 4.78 is 5.28. The van der Waals surface area contributed by atoms with Gasteiger partial charge in [-0.25, -0.2) is 0 Å². The lowest BCUT2D eigenvalue weighted by Gasteiger charge is -2.25. The first-order chi connectivity index (χ1) is 14.3. The van der Waals surface area contributed by atoms with Crippen LogP contribution in [0.3, 0.4) is 0 Å². The third-order valence-electron chi connectivity index (χ3n) is 5.23. The van der Waals surface area contributed by atoms with E-state index >= 15 is 0 Å². The molecule has 1 aromatic carbocycles. The Hall–Kier alpha value is -3.19. The summed E-state index contributed by atoms with van der Waals surface area (Å²) in [6.07, 6.45) is 3.95. The molecular weight excluding hydrogens is 382 g/mol. The highest BCUT2D eigenvalue weighted by atomic mass is 16.5. The average Bonchev–Trinajstić information content (AvgIpc) is 2.98. The van der Waals surface area contributed by atoms with E-state index in [1.807, 2.05) is 25.9 Å². The van der Waals surface area contributed by atoms with Crippen LogP contribution in [0.25, 0.3) is 5.76 Å². The van der Waals surface area contributed by atoms with E-state index in [1.165, 1.54) is 0 Å². The van der Waals surface area contributed by atoms with Crippen LogP contribution < -0.4 is 4.74 Å². The number of likely N-dealkylation sites (tertiary alicyclic amines) is 1. The van der Waals surface area contributed by atoms with Crippen LogP contribution in [0.1, 0.15) is 29.2 Å². The van der Waals surface area contributed by atoms with Gasteiger partial charge in [-0.1, -0.05) is 0 Å². The zero-order valence-corrected chi connectivity index (χ0v) is 17.8. The summed E-state index contributed by atoms with van der Waals surface area (Å²) in [6.45, 7) is 3.05. The molecule has 1 saturated heterocycles. The summed E-state index contributed by atoms with van der Waals surface area (Å²) in [5, 5.41) is 11.1. The Kier molecular flexibility index (Phi) is 6.52. The number of hydrogen-bond acceptors (Lipinski definition) is 6. The number of amides is 1. The number of ether oxygens (including phenoxy) is 1. The van der Waals surface area contributed by atoms with Gasteiger partial charge in [-0.3, -0.25) is 14.6 Å². The number of benzene rings is 1. The van der Waals surface area contributed by atoms with E-state index in [-0.39, 0.29) is 11.3 Å². The number of hydrogen-bond donors (Lipinski definition) is 1. The number of aliphatic hydroxyl groups is 1. The molecule has 7 heteroatoms. The second-order valence-electron chi connectivity index (χ2n) is 7.61. The standard InChI is InChI=1S/C23H27N3O4/c1-15-14-17(6-7-18(15)30-4)21(27)19-20(16-8-10-24-11-9-16)26(23(29)22(19)28)13-5-12-25(2)3/h6-11,14,20,27H,5,12-13H2,1-4H3/t20-/m1/s1. The summed E-state index contributed by atoms with van der Waals surface area (Å²) in [5.74, 6) is -0.771. The van der Waals surface area contributed by atoms with Crippen molar-refractivity contribution in [2.24, 2.45) is 0 Å². The monoisotopic (exact) mass is 409 g/mol. The van der Waals surface area contributed by atoms with Gasteiger partial charge in [0.2, 0.25) is 0 Å². The number of aliphatic hydroxyl groups excluding tert-OH is 1. The van der Waals surface area contributed by atoms with Gasteiger partial charge < -0.3 is 19.6 Å². The lowest BCUT2D eigenvalue weighted by molar-refractivity contribution is -0.139. The smallest absolute Gasteiger partial charge is 0.295 e. The molecule has 0 bridgehead atoms. The number of carbonyl (C=O) groups is 2. The topological polar surface area (TPSA) is 83.0 Å². The van der Waals surface area contributed by atoms with Crippen LogP contribution >= 0.6 is 0 Å². The Balaban J connectivity index is 2.08. The number of methoxy groups -OCH3 is 1. The summed E-state index contributed by atoms with van der Waals surface area (Å²) >= 11 is 0. The first kappa shape index (κ1) is 21.5. The second kappa shape index (κ2) is 9.09. The molecule has 1 atom stereocenters. The lowest BCUT2D eigenvalue weighted by Crippen LogP contribution is -2.32. The molecule has 7 nitrogen and oxygen atoms in total. The number of aryl methyl sites for hydroxylation is 1. The van der Waals surface area contributed by atoms with Gasteiger partial charge in [-0.2, -0.15) is 0 Å². The molecule has 3 rings (SSSR count). The maximum absolute atomic E-state index is 13.0. The molecule has 158 valence electrons. The summed E-state index contributed by atoms with van der Waals surface area (Å²) in [5.41, 5.74) is 2.13. The van der Waals surface area contributed by atoms with Crippen molar-refractivity contribution in [1.29, 1.82) is 0 Å². The molecule has 1 aliphatic heterocycles. The van der Waals surface area contributed by atoms with Gasteiger partial charge in [0.05, 0.1) is 18.7 Å². The Bertz CT molecular complexity index is 970. The Morgan fingerprint density at radius 2 is 1.90 bits per heavy atom. The SMILES string of the molecule is COc1ccc(C(O)=C2C(=O)C(=O)N(CCCN(C)C)[C@@H]2c2ccncc2)cc1C. The van der Waals surface area contributed by atoms with Crippen LogP contribution in [0.15, 0.2) is 48.3 Å². The number of Topliss-reactive ketones (excluding diaryl/α,β-unsaturated/α-hetero) is 1. The van der Waals surface area contributed by atoms with Gasteiger partial charge in [-0.15, -0.1) is 0 Å². The van der Waals surface area contributed by atoms with Gasteiger partial charge in [0.15, 0.2) is 0 Å². The van der Waals surface area contributed by atoms with E-state index in [0.29, 0.717) is 24.3 Å². The minimum atomic E-state index is -0.673. The molecule has 1 N–H and O–H groups in total. The van der Waals surface area contributed by atoms with E-state index < -0.39 is 17.7 Å². The van der Waals surface area contributed by atoms with Crippen molar-refractivity contribution in [3.63, 3.8) is 0 Å². The molecule has 0 aliphatic carbocycles. The van der Waals surface area contributed by atoms with Crippen LogP contribution in [0.4, 0.5) is 0 Å². The number of nitrogens with zero attached hydrogens (tertiary/aromatic N) is 3. The molecule has 0 spiro atoms. The average molecular weight is 409 g/mol. The van der Waals surface area contributed by atoms with Crippen molar-refractivity contribution in [1.82, 2.24) is 14.8 Å². The molecule has 0 unspecified atom stereocenters. The van der Waals surface area contributed by atoms with Gasteiger partial charge in [0.1, 0.15) is 11.5 Å². The molecule has 0 radical (unpaired) electrons. The molecule has 1 amide bonds.